The van der Waals surface area contributed by atoms with E-state index < -0.39 is 0 Å². The molecule has 0 aliphatic heterocycles. The van der Waals surface area contributed by atoms with Gasteiger partial charge in [0.15, 0.2) is 0 Å². The van der Waals surface area contributed by atoms with Crippen molar-refractivity contribution >= 4 is 28.4 Å². The summed E-state index contributed by atoms with van der Waals surface area (Å²) in [6, 6.07) is 9.78. The van der Waals surface area contributed by atoms with Gasteiger partial charge in [-0.1, -0.05) is 94.7 Å². The monoisotopic (exact) mass is 338 g/mol. The van der Waals surface area contributed by atoms with E-state index in [1.165, 1.54) is 64.2 Å². The van der Waals surface area contributed by atoms with Crippen LogP contribution in [0.25, 0.3) is 0 Å². The van der Waals surface area contributed by atoms with Crippen molar-refractivity contribution in [3.8, 4) is 5.75 Å². The molecule has 1 aromatic rings. The number of benzene rings is 1. The lowest BCUT2D eigenvalue weighted by atomic mass is 10.1. The Labute approximate surface area is 146 Å². The zero-order valence-electron chi connectivity index (χ0n) is 13.9. The zero-order valence-corrected chi connectivity index (χ0v) is 15.5. The number of unbranched alkanes of at least 4 members (excludes halogenated alkanes) is 9. The van der Waals surface area contributed by atoms with Gasteiger partial charge in [-0.25, -0.2) is 0 Å². The average molecular weight is 339 g/mol. The van der Waals surface area contributed by atoms with Crippen LogP contribution in [0.2, 0.25) is 0 Å². The van der Waals surface area contributed by atoms with Crippen molar-refractivity contribution in [3.05, 3.63) is 30.3 Å². The Balaban J connectivity index is 1.86. The van der Waals surface area contributed by atoms with E-state index in [1.54, 1.807) is 11.8 Å². The average Bonchev–Trinajstić information content (AvgIpc) is 2.53. The van der Waals surface area contributed by atoms with Crippen LogP contribution < -0.4 is 4.74 Å². The van der Waals surface area contributed by atoms with E-state index in [1.807, 2.05) is 30.3 Å². The fourth-order valence-corrected chi connectivity index (χ4v) is 3.38. The minimum absolute atomic E-state index is 0.641. The second-order valence-corrected chi connectivity index (χ2v) is 7.39. The Hall–Kier alpha value is -0.540. The van der Waals surface area contributed by atoms with E-state index in [4.69, 9.17) is 17.0 Å². The lowest BCUT2D eigenvalue weighted by Gasteiger charge is -2.06. The molecule has 0 amide bonds. The van der Waals surface area contributed by atoms with Crippen LogP contribution in [0.5, 0.6) is 5.75 Å². The van der Waals surface area contributed by atoms with Crippen LogP contribution in [0.15, 0.2) is 30.3 Å². The SMILES string of the molecule is CCCCCCCCCCCCSC(=S)Oc1ccccc1. The van der Waals surface area contributed by atoms with Gasteiger partial charge in [0.25, 0.3) is 0 Å². The highest BCUT2D eigenvalue weighted by molar-refractivity contribution is 8.22. The quantitative estimate of drug-likeness (QED) is 0.300. The summed E-state index contributed by atoms with van der Waals surface area (Å²) in [6.45, 7) is 2.27. The van der Waals surface area contributed by atoms with E-state index in [2.05, 4.69) is 6.92 Å². The maximum Gasteiger partial charge on any atom is 0.225 e. The Morgan fingerprint density at radius 1 is 0.864 bits per heavy atom. The van der Waals surface area contributed by atoms with Gasteiger partial charge in [-0.05, 0) is 30.8 Å². The maximum atomic E-state index is 5.60. The molecule has 0 saturated heterocycles. The molecule has 1 nitrogen and oxygen atoms in total. The summed E-state index contributed by atoms with van der Waals surface area (Å²) >= 11 is 6.90. The van der Waals surface area contributed by atoms with Gasteiger partial charge < -0.3 is 4.74 Å². The molecule has 0 radical (unpaired) electrons. The van der Waals surface area contributed by atoms with Gasteiger partial charge in [0, 0.05) is 5.75 Å². The van der Waals surface area contributed by atoms with Crippen LogP contribution in [0, 0.1) is 0 Å². The normalized spacial score (nSPS) is 10.6. The molecular formula is C19H30OS2. The summed E-state index contributed by atoms with van der Waals surface area (Å²) in [7, 11) is 0. The molecular weight excluding hydrogens is 308 g/mol. The fourth-order valence-electron chi connectivity index (χ4n) is 2.36. The van der Waals surface area contributed by atoms with Crippen LogP contribution in [0.4, 0.5) is 0 Å². The topological polar surface area (TPSA) is 9.23 Å². The summed E-state index contributed by atoms with van der Waals surface area (Å²) in [4.78, 5) is 0. The first-order chi connectivity index (χ1) is 10.8. The Kier molecular flexibility index (Phi) is 12.5. The lowest BCUT2D eigenvalue weighted by Crippen LogP contribution is -2.01. The Morgan fingerprint density at radius 3 is 2.00 bits per heavy atom. The highest BCUT2D eigenvalue weighted by atomic mass is 32.2. The van der Waals surface area contributed by atoms with Crippen molar-refractivity contribution in [3.63, 3.8) is 0 Å². The number of para-hydroxylation sites is 1. The van der Waals surface area contributed by atoms with Crippen molar-refractivity contribution in [1.29, 1.82) is 0 Å². The summed E-state index contributed by atoms with van der Waals surface area (Å²) in [5.74, 6) is 1.91. The van der Waals surface area contributed by atoms with Crippen molar-refractivity contribution in [2.45, 2.75) is 71.1 Å². The molecule has 22 heavy (non-hydrogen) atoms. The maximum absolute atomic E-state index is 5.60. The first kappa shape index (κ1) is 19.5. The van der Waals surface area contributed by atoms with Crippen LogP contribution in [-0.4, -0.2) is 10.1 Å². The van der Waals surface area contributed by atoms with E-state index in [-0.39, 0.29) is 0 Å². The molecule has 0 aliphatic carbocycles. The molecule has 0 saturated carbocycles. The van der Waals surface area contributed by atoms with Gasteiger partial charge in [0.1, 0.15) is 5.75 Å². The van der Waals surface area contributed by atoms with E-state index in [0.29, 0.717) is 4.38 Å². The molecule has 1 rings (SSSR count). The second-order valence-electron chi connectivity index (χ2n) is 5.70. The predicted octanol–water partition coefficient (Wildman–Crippen LogP) is 7.00. The first-order valence-electron chi connectivity index (χ1n) is 8.72. The van der Waals surface area contributed by atoms with E-state index in [9.17, 15) is 0 Å². The molecule has 1 aromatic carbocycles. The minimum Gasteiger partial charge on any atom is -0.440 e. The van der Waals surface area contributed by atoms with E-state index >= 15 is 0 Å². The molecule has 124 valence electrons. The molecule has 0 atom stereocenters. The van der Waals surface area contributed by atoms with Crippen LogP contribution in [-0.2, 0) is 0 Å². The summed E-state index contributed by atoms with van der Waals surface area (Å²) in [5.41, 5.74) is 0. The molecule has 0 unspecified atom stereocenters. The molecule has 0 aromatic heterocycles. The molecule has 3 heteroatoms. The molecule has 0 aliphatic rings. The number of ether oxygens (including phenoxy) is 1. The number of thioether (sulfide) groups is 1. The largest absolute Gasteiger partial charge is 0.440 e. The standard InChI is InChI=1S/C19H30OS2/c1-2-3-4-5-6-7-8-9-10-14-17-22-19(21)20-18-15-12-11-13-16-18/h11-13,15-16H,2-10,14,17H2,1H3. The minimum atomic E-state index is 0.641. The van der Waals surface area contributed by atoms with Gasteiger partial charge in [-0.3, -0.25) is 0 Å². The molecule has 0 heterocycles. The molecule has 0 spiro atoms. The van der Waals surface area contributed by atoms with Crippen molar-refractivity contribution < 1.29 is 4.74 Å². The second kappa shape index (κ2) is 14.1. The number of rotatable bonds is 12. The van der Waals surface area contributed by atoms with Gasteiger partial charge in [0.2, 0.25) is 4.38 Å². The third-order valence-corrected chi connectivity index (χ3v) is 4.91. The molecule has 0 fully saturated rings. The van der Waals surface area contributed by atoms with Gasteiger partial charge in [-0.2, -0.15) is 0 Å². The van der Waals surface area contributed by atoms with Gasteiger partial charge in [0.05, 0.1) is 0 Å². The first-order valence-corrected chi connectivity index (χ1v) is 10.1. The van der Waals surface area contributed by atoms with Crippen molar-refractivity contribution in [1.82, 2.24) is 0 Å². The summed E-state index contributed by atoms with van der Waals surface area (Å²) in [5, 5.41) is 0. The number of hydrogen-bond donors (Lipinski definition) is 0. The molecule has 0 N–H and O–H groups in total. The van der Waals surface area contributed by atoms with Crippen LogP contribution in [0.1, 0.15) is 71.1 Å². The predicted molar refractivity (Wildman–Crippen MR) is 104 cm³/mol. The van der Waals surface area contributed by atoms with E-state index in [0.717, 1.165) is 11.5 Å². The number of hydrogen-bond acceptors (Lipinski definition) is 3. The fraction of sp³-hybridized carbons (Fsp3) is 0.632. The van der Waals surface area contributed by atoms with Crippen molar-refractivity contribution in [2.24, 2.45) is 0 Å². The third-order valence-electron chi connectivity index (χ3n) is 3.66. The number of thiocarbonyl (C=S) groups is 1. The van der Waals surface area contributed by atoms with Crippen molar-refractivity contribution in [2.75, 3.05) is 5.75 Å². The Bertz CT molecular complexity index is 378. The van der Waals surface area contributed by atoms with Gasteiger partial charge in [-0.15, -0.1) is 0 Å². The highest BCUT2D eigenvalue weighted by Gasteiger charge is 2.00. The smallest absolute Gasteiger partial charge is 0.225 e. The highest BCUT2D eigenvalue weighted by Crippen LogP contribution is 2.16. The van der Waals surface area contributed by atoms with Crippen LogP contribution in [0.3, 0.4) is 0 Å². The van der Waals surface area contributed by atoms with Gasteiger partial charge >= 0.3 is 0 Å². The third kappa shape index (κ3) is 11.1. The summed E-state index contributed by atoms with van der Waals surface area (Å²) in [6.07, 6.45) is 13.7. The Morgan fingerprint density at radius 2 is 1.41 bits per heavy atom. The zero-order chi connectivity index (χ0) is 15.9. The lowest BCUT2D eigenvalue weighted by molar-refractivity contribution is 0.562. The van der Waals surface area contributed by atoms with Crippen LogP contribution >= 0.6 is 24.0 Å². The summed E-state index contributed by atoms with van der Waals surface area (Å²) < 4.78 is 6.24. The molecule has 0 bridgehead atoms.